The molecule has 0 bridgehead atoms. The number of alkyl halides is 3. The number of nitrogens with one attached hydrogen (secondary N) is 3. The summed E-state index contributed by atoms with van der Waals surface area (Å²) in [6, 6.07) is 1.96. The highest BCUT2D eigenvalue weighted by Gasteiger charge is 2.38. The second kappa shape index (κ2) is 12.3. The standard InChI is InChI=1S/C24H31ClN10O2.C2HF3O2/c1-7-15-18(25)17-19(29-15)30-22(27-13-8-16-20(26-9-13)35(12(2)3)33-32-16)31-21(17)34-10-14(11-34)28-23(36)37-24(4,5)6;3-2(4,5)1(6)7/h8-9,12,14H,7,10-11H2,1-6H3,(H,28,36)(H2,27,29,30,31);(H,6,7). The Morgan fingerprint density at radius 3 is 2.45 bits per heavy atom. The third-order valence-corrected chi connectivity index (χ3v) is 6.62. The van der Waals surface area contributed by atoms with Gasteiger partial charge in [0.2, 0.25) is 5.95 Å². The number of hydrogen-bond acceptors (Lipinski definition) is 10. The topological polar surface area (TPSA) is 176 Å². The van der Waals surface area contributed by atoms with Gasteiger partial charge in [0.1, 0.15) is 22.6 Å². The van der Waals surface area contributed by atoms with Crippen molar-refractivity contribution < 1.29 is 32.6 Å². The van der Waals surface area contributed by atoms with E-state index in [2.05, 4.69) is 40.8 Å². The van der Waals surface area contributed by atoms with E-state index in [4.69, 9.17) is 31.2 Å². The van der Waals surface area contributed by atoms with Crippen LogP contribution in [0.25, 0.3) is 22.2 Å². The van der Waals surface area contributed by atoms with Gasteiger partial charge in [-0.1, -0.05) is 23.7 Å². The summed E-state index contributed by atoms with van der Waals surface area (Å²) in [6.45, 7) is 12.7. The van der Waals surface area contributed by atoms with E-state index in [0.29, 0.717) is 52.4 Å². The molecule has 14 nitrogen and oxygen atoms in total. The van der Waals surface area contributed by atoms with Crippen LogP contribution in [0.2, 0.25) is 5.02 Å². The second-order valence-corrected chi connectivity index (χ2v) is 11.6. The van der Waals surface area contributed by atoms with Crippen LogP contribution in [0.4, 0.5) is 35.4 Å². The van der Waals surface area contributed by atoms with Gasteiger partial charge in [-0.2, -0.15) is 23.1 Å². The van der Waals surface area contributed by atoms with Crippen LogP contribution in [0.3, 0.4) is 0 Å². The van der Waals surface area contributed by atoms with E-state index in [1.807, 2.05) is 47.6 Å². The molecule has 4 aromatic rings. The fraction of sp³-hybridized carbons (Fsp3) is 0.500. The Balaban J connectivity index is 0.000000566. The van der Waals surface area contributed by atoms with Gasteiger partial charge in [0, 0.05) is 18.8 Å². The first-order chi connectivity index (χ1) is 20.5. The van der Waals surface area contributed by atoms with E-state index in [-0.39, 0.29) is 12.1 Å². The summed E-state index contributed by atoms with van der Waals surface area (Å²) in [7, 11) is 0. The Morgan fingerprint density at radius 2 is 1.89 bits per heavy atom. The van der Waals surface area contributed by atoms with Gasteiger partial charge in [0.05, 0.1) is 34.4 Å². The van der Waals surface area contributed by atoms with Crippen LogP contribution in [-0.4, -0.2) is 83.0 Å². The molecule has 1 amide bonds. The minimum atomic E-state index is -5.08. The van der Waals surface area contributed by atoms with Crippen LogP contribution in [0.1, 0.15) is 53.3 Å². The number of H-pyrrole nitrogens is 1. The lowest BCUT2D eigenvalue weighted by Crippen LogP contribution is -2.60. The van der Waals surface area contributed by atoms with Gasteiger partial charge in [-0.3, -0.25) is 0 Å². The molecule has 44 heavy (non-hydrogen) atoms. The molecule has 5 heterocycles. The van der Waals surface area contributed by atoms with Crippen molar-refractivity contribution in [3.05, 3.63) is 23.0 Å². The minimum absolute atomic E-state index is 0.0604. The smallest absolute Gasteiger partial charge is 0.475 e. The predicted molar refractivity (Wildman–Crippen MR) is 156 cm³/mol. The monoisotopic (exact) mass is 640 g/mol. The number of amides is 1. The Kier molecular flexibility index (Phi) is 9.08. The summed E-state index contributed by atoms with van der Waals surface area (Å²) in [6.07, 6.45) is -3.08. The highest BCUT2D eigenvalue weighted by atomic mass is 35.5. The predicted octanol–water partition coefficient (Wildman–Crippen LogP) is 4.98. The molecule has 0 unspecified atom stereocenters. The number of fused-ring (bicyclic) bond motifs is 2. The van der Waals surface area contributed by atoms with Crippen molar-refractivity contribution in [2.24, 2.45) is 0 Å². The van der Waals surface area contributed by atoms with E-state index in [0.717, 1.165) is 17.5 Å². The lowest BCUT2D eigenvalue weighted by atomic mass is 10.1. The molecule has 5 rings (SSSR count). The number of carbonyl (C=O) groups excluding carboxylic acids is 1. The Hall–Kier alpha value is -4.41. The minimum Gasteiger partial charge on any atom is -0.475 e. The summed E-state index contributed by atoms with van der Waals surface area (Å²) in [4.78, 5) is 40.4. The van der Waals surface area contributed by atoms with Gasteiger partial charge in [-0.15, -0.1) is 5.10 Å². The van der Waals surface area contributed by atoms with Crippen molar-refractivity contribution in [1.29, 1.82) is 0 Å². The average molecular weight is 641 g/mol. The second-order valence-electron chi connectivity index (χ2n) is 11.2. The van der Waals surface area contributed by atoms with Crippen LogP contribution >= 0.6 is 11.6 Å². The van der Waals surface area contributed by atoms with Gasteiger partial charge in [0.15, 0.2) is 5.65 Å². The molecular weight excluding hydrogens is 609 g/mol. The zero-order chi connectivity index (χ0) is 32.6. The fourth-order valence-electron chi connectivity index (χ4n) is 4.22. The summed E-state index contributed by atoms with van der Waals surface area (Å²) >= 11 is 6.71. The molecule has 4 N–H and O–H groups in total. The van der Waals surface area contributed by atoms with Crippen molar-refractivity contribution in [3.63, 3.8) is 0 Å². The third-order valence-electron chi connectivity index (χ3n) is 6.20. The molecule has 0 spiro atoms. The summed E-state index contributed by atoms with van der Waals surface area (Å²) in [5.41, 5.74) is 3.05. The first kappa shape index (κ1) is 32.5. The van der Waals surface area contributed by atoms with Crippen LogP contribution in [0, 0.1) is 0 Å². The van der Waals surface area contributed by atoms with Gasteiger partial charge in [0.25, 0.3) is 0 Å². The maximum Gasteiger partial charge on any atom is 0.490 e. The summed E-state index contributed by atoms with van der Waals surface area (Å²) in [5, 5.41) is 23.1. The Bertz CT molecular complexity index is 1680. The molecule has 1 saturated heterocycles. The van der Waals surface area contributed by atoms with Crippen LogP contribution in [0.15, 0.2) is 12.3 Å². The molecule has 238 valence electrons. The molecule has 1 aliphatic rings. The van der Waals surface area contributed by atoms with E-state index in [1.54, 1.807) is 10.9 Å². The molecule has 0 atom stereocenters. The number of rotatable bonds is 6. The van der Waals surface area contributed by atoms with Crippen molar-refractivity contribution in [3.8, 4) is 0 Å². The molecule has 1 aliphatic heterocycles. The Labute approximate surface area is 254 Å². The van der Waals surface area contributed by atoms with E-state index in [1.165, 1.54) is 0 Å². The number of carboxylic acid groups (broad SMARTS) is 1. The van der Waals surface area contributed by atoms with Crippen LogP contribution in [-0.2, 0) is 16.0 Å². The first-order valence-corrected chi connectivity index (χ1v) is 13.9. The van der Waals surface area contributed by atoms with Crippen molar-refractivity contribution in [1.82, 2.24) is 40.2 Å². The number of halogens is 4. The number of hydrogen-bond donors (Lipinski definition) is 4. The molecule has 0 saturated carbocycles. The van der Waals surface area contributed by atoms with Gasteiger partial charge in [-0.05, 0) is 47.1 Å². The largest absolute Gasteiger partial charge is 0.490 e. The molecule has 0 aromatic carbocycles. The lowest BCUT2D eigenvalue weighted by molar-refractivity contribution is -0.192. The molecule has 0 aliphatic carbocycles. The summed E-state index contributed by atoms with van der Waals surface area (Å²) < 4.78 is 38.9. The number of ether oxygens (including phenoxy) is 1. The van der Waals surface area contributed by atoms with Crippen LogP contribution < -0.4 is 15.5 Å². The van der Waals surface area contributed by atoms with Crippen LogP contribution in [0.5, 0.6) is 0 Å². The molecule has 4 aromatic heterocycles. The van der Waals surface area contributed by atoms with Crippen molar-refractivity contribution in [2.75, 3.05) is 23.3 Å². The molecular formula is C26H32ClF3N10O4. The van der Waals surface area contributed by atoms with E-state index in [9.17, 15) is 18.0 Å². The highest BCUT2D eigenvalue weighted by molar-refractivity contribution is 6.37. The fourth-order valence-corrected chi connectivity index (χ4v) is 4.57. The van der Waals surface area contributed by atoms with Crippen molar-refractivity contribution >= 4 is 63.3 Å². The SMILES string of the molecule is CCc1[nH]c2nc(Nc3cnc4c(c3)nnn4C(C)C)nc(N3CC(NC(=O)OC(C)(C)C)C3)c2c1Cl.O=C(O)C(F)(F)F. The van der Waals surface area contributed by atoms with E-state index >= 15 is 0 Å². The molecule has 18 heteroatoms. The maximum atomic E-state index is 12.2. The number of nitrogens with zero attached hydrogens (tertiary/aromatic N) is 7. The zero-order valence-corrected chi connectivity index (χ0v) is 25.5. The van der Waals surface area contributed by atoms with Gasteiger partial charge < -0.3 is 30.4 Å². The number of aromatic nitrogens is 7. The average Bonchev–Trinajstić information content (AvgIpc) is 3.45. The third kappa shape index (κ3) is 7.38. The van der Waals surface area contributed by atoms with Gasteiger partial charge in [-0.25, -0.2) is 19.3 Å². The Morgan fingerprint density at radius 1 is 1.23 bits per heavy atom. The summed E-state index contributed by atoms with van der Waals surface area (Å²) in [5.74, 6) is -1.67. The number of anilines is 3. The number of carbonyl (C=O) groups is 2. The van der Waals surface area contributed by atoms with Crippen molar-refractivity contribution in [2.45, 2.75) is 71.8 Å². The van der Waals surface area contributed by atoms with E-state index < -0.39 is 23.8 Å². The molecule has 0 radical (unpaired) electrons. The van der Waals surface area contributed by atoms with Gasteiger partial charge >= 0.3 is 18.2 Å². The quantitative estimate of drug-likeness (QED) is 0.223. The normalized spacial score (nSPS) is 13.9. The zero-order valence-electron chi connectivity index (χ0n) is 24.7. The number of aryl methyl sites for hydroxylation is 1. The number of alkyl carbamates (subject to hydrolysis) is 1. The number of pyridine rings is 1. The number of carboxylic acids is 1. The highest BCUT2D eigenvalue weighted by Crippen LogP contribution is 2.36. The lowest BCUT2D eigenvalue weighted by Gasteiger charge is -2.40. The maximum absolute atomic E-state index is 12.2. The number of aliphatic carboxylic acids is 1. The molecule has 1 fully saturated rings. The number of aromatic amines is 1. The first-order valence-electron chi connectivity index (χ1n) is 13.6.